The summed E-state index contributed by atoms with van der Waals surface area (Å²) in [6, 6.07) is 21.2. The van der Waals surface area contributed by atoms with Gasteiger partial charge >= 0.3 is 0 Å². The fraction of sp³-hybridized carbons (Fsp3) is 0.310. The summed E-state index contributed by atoms with van der Waals surface area (Å²) in [7, 11) is -4.23. The summed E-state index contributed by atoms with van der Waals surface area (Å²) in [4.78, 5) is 38.7. The summed E-state index contributed by atoms with van der Waals surface area (Å²) in [6.07, 6.45) is 0.456. The van der Waals surface area contributed by atoms with E-state index >= 15 is 0 Å². The molecule has 1 unspecified atom stereocenters. The predicted octanol–water partition coefficient (Wildman–Crippen LogP) is 4.02. The molecule has 0 aliphatic heterocycles. The van der Waals surface area contributed by atoms with E-state index in [9.17, 15) is 28.1 Å². The molecule has 3 aromatic rings. The Kier molecular flexibility index (Phi) is 10.4. The second-order valence-electron chi connectivity index (χ2n) is 9.74. The van der Waals surface area contributed by atoms with E-state index in [1.807, 2.05) is 44.2 Å². The molecule has 3 rings (SSSR count). The summed E-state index contributed by atoms with van der Waals surface area (Å²) in [5.41, 5.74) is 0.828. The van der Waals surface area contributed by atoms with Gasteiger partial charge in [-0.05, 0) is 49.1 Å². The number of sulfonamides is 1. The number of nitro benzene ring substituents is 1. The Morgan fingerprint density at radius 2 is 1.48 bits per heavy atom. The first kappa shape index (κ1) is 30.3. The average Bonchev–Trinajstić information content (AvgIpc) is 2.95. The van der Waals surface area contributed by atoms with Gasteiger partial charge in [-0.2, -0.15) is 0 Å². The van der Waals surface area contributed by atoms with Gasteiger partial charge < -0.3 is 10.2 Å². The standard InChI is InChI=1S/C29H34N4O6S/c1-22(2)20-30-29(35)23(3)31(19-18-24-10-6-4-7-11-24)28(34)21-32(25-14-16-26(17-15-25)33(36)37)40(38,39)27-12-8-5-9-13-27/h4-17,22-23H,18-21H2,1-3H3,(H,30,35). The number of non-ortho nitro benzene ring substituents is 1. The van der Waals surface area contributed by atoms with Gasteiger partial charge in [-0.15, -0.1) is 0 Å². The maximum absolute atomic E-state index is 13.8. The molecular weight excluding hydrogens is 532 g/mol. The Bertz CT molecular complexity index is 1400. The third kappa shape index (κ3) is 7.89. The van der Waals surface area contributed by atoms with Gasteiger partial charge in [0.2, 0.25) is 11.8 Å². The van der Waals surface area contributed by atoms with Crippen LogP contribution in [0.15, 0.2) is 89.8 Å². The molecule has 0 spiro atoms. The topological polar surface area (TPSA) is 130 Å². The van der Waals surface area contributed by atoms with Gasteiger partial charge in [0.1, 0.15) is 12.6 Å². The number of benzene rings is 3. The van der Waals surface area contributed by atoms with Crippen LogP contribution in [0, 0.1) is 16.0 Å². The van der Waals surface area contributed by atoms with Crippen molar-refractivity contribution in [3.63, 3.8) is 0 Å². The molecular formula is C29H34N4O6S. The predicted molar refractivity (Wildman–Crippen MR) is 153 cm³/mol. The second-order valence-corrected chi connectivity index (χ2v) is 11.6. The quantitative estimate of drug-likeness (QED) is 0.246. The van der Waals surface area contributed by atoms with Crippen LogP contribution in [-0.4, -0.2) is 55.7 Å². The Morgan fingerprint density at radius 1 is 0.900 bits per heavy atom. The number of rotatable bonds is 13. The van der Waals surface area contributed by atoms with Crippen molar-refractivity contribution in [3.8, 4) is 0 Å². The number of anilines is 1. The Hall–Kier alpha value is -4.25. The average molecular weight is 567 g/mol. The molecule has 3 aromatic carbocycles. The zero-order valence-electron chi connectivity index (χ0n) is 22.8. The van der Waals surface area contributed by atoms with E-state index in [1.165, 1.54) is 41.3 Å². The molecule has 0 heterocycles. The number of nitrogens with zero attached hydrogens (tertiary/aromatic N) is 3. The first-order valence-corrected chi connectivity index (χ1v) is 14.4. The molecule has 1 atom stereocenters. The molecule has 2 amide bonds. The molecule has 10 nitrogen and oxygen atoms in total. The lowest BCUT2D eigenvalue weighted by molar-refractivity contribution is -0.384. The highest BCUT2D eigenvalue weighted by Gasteiger charge is 2.32. The molecule has 11 heteroatoms. The van der Waals surface area contributed by atoms with Crippen molar-refractivity contribution in [1.82, 2.24) is 10.2 Å². The summed E-state index contributed by atoms with van der Waals surface area (Å²) < 4.78 is 28.3. The number of hydrogen-bond acceptors (Lipinski definition) is 6. The SMILES string of the molecule is CC(C)CNC(=O)C(C)N(CCc1ccccc1)C(=O)CN(c1ccc([N+](=O)[O-])cc1)S(=O)(=O)c1ccccc1. The lowest BCUT2D eigenvalue weighted by Gasteiger charge is -2.32. The van der Waals surface area contributed by atoms with Crippen LogP contribution in [-0.2, 0) is 26.0 Å². The van der Waals surface area contributed by atoms with E-state index in [-0.39, 0.29) is 34.6 Å². The van der Waals surface area contributed by atoms with E-state index in [1.54, 1.807) is 25.1 Å². The van der Waals surface area contributed by atoms with E-state index in [0.29, 0.717) is 13.0 Å². The zero-order valence-corrected chi connectivity index (χ0v) is 23.6. The highest BCUT2D eigenvalue weighted by molar-refractivity contribution is 7.92. The molecule has 212 valence electrons. The molecule has 0 radical (unpaired) electrons. The van der Waals surface area contributed by atoms with Crippen molar-refractivity contribution in [3.05, 3.63) is 101 Å². The van der Waals surface area contributed by atoms with Crippen LogP contribution >= 0.6 is 0 Å². The molecule has 0 aromatic heterocycles. The van der Waals surface area contributed by atoms with E-state index in [4.69, 9.17) is 0 Å². The molecule has 40 heavy (non-hydrogen) atoms. The molecule has 0 aliphatic rings. The van der Waals surface area contributed by atoms with Crippen LogP contribution in [0.2, 0.25) is 0 Å². The largest absolute Gasteiger partial charge is 0.354 e. The summed E-state index contributed by atoms with van der Waals surface area (Å²) in [5, 5.41) is 14.0. The third-order valence-electron chi connectivity index (χ3n) is 6.29. The second kappa shape index (κ2) is 13.7. The minimum atomic E-state index is -4.23. The number of carbonyl (C=O) groups is 2. The van der Waals surface area contributed by atoms with E-state index in [2.05, 4.69) is 5.32 Å². The highest BCUT2D eigenvalue weighted by Crippen LogP contribution is 2.26. The Balaban J connectivity index is 1.97. The molecule has 0 saturated carbocycles. The van der Waals surface area contributed by atoms with E-state index in [0.717, 1.165) is 9.87 Å². The molecule has 0 fully saturated rings. The van der Waals surface area contributed by atoms with Crippen LogP contribution in [0.25, 0.3) is 0 Å². The highest BCUT2D eigenvalue weighted by atomic mass is 32.2. The molecule has 0 aliphatic carbocycles. The maximum Gasteiger partial charge on any atom is 0.269 e. The van der Waals surface area contributed by atoms with Gasteiger partial charge in [-0.1, -0.05) is 62.4 Å². The zero-order chi connectivity index (χ0) is 29.3. The summed E-state index contributed by atoms with van der Waals surface area (Å²) in [5.74, 6) is -0.720. The summed E-state index contributed by atoms with van der Waals surface area (Å²) in [6.45, 7) is 5.53. The number of amides is 2. The molecule has 0 bridgehead atoms. The van der Waals surface area contributed by atoms with Gasteiger partial charge in [-0.3, -0.25) is 24.0 Å². The van der Waals surface area contributed by atoms with Gasteiger partial charge in [0.05, 0.1) is 15.5 Å². The first-order valence-electron chi connectivity index (χ1n) is 12.9. The fourth-order valence-corrected chi connectivity index (χ4v) is 5.45. The van der Waals surface area contributed by atoms with Crippen LogP contribution in [0.3, 0.4) is 0 Å². The van der Waals surface area contributed by atoms with Gasteiger partial charge in [0, 0.05) is 25.2 Å². The smallest absolute Gasteiger partial charge is 0.269 e. The fourth-order valence-electron chi connectivity index (χ4n) is 4.01. The van der Waals surface area contributed by atoms with Crippen molar-refractivity contribution >= 4 is 33.2 Å². The third-order valence-corrected chi connectivity index (χ3v) is 8.08. The van der Waals surface area contributed by atoms with Crippen LogP contribution in [0.4, 0.5) is 11.4 Å². The van der Waals surface area contributed by atoms with Crippen molar-refractivity contribution < 1.29 is 22.9 Å². The molecule has 1 N–H and O–H groups in total. The lowest BCUT2D eigenvalue weighted by atomic mass is 10.1. The van der Waals surface area contributed by atoms with Gasteiger partial charge in [-0.25, -0.2) is 8.42 Å². The van der Waals surface area contributed by atoms with Crippen LogP contribution in [0.1, 0.15) is 26.3 Å². The van der Waals surface area contributed by atoms with Crippen molar-refractivity contribution in [1.29, 1.82) is 0 Å². The maximum atomic E-state index is 13.8. The molecule has 0 saturated heterocycles. The Labute approximate surface area is 234 Å². The number of carbonyl (C=O) groups excluding carboxylic acids is 2. The van der Waals surface area contributed by atoms with Crippen LogP contribution < -0.4 is 9.62 Å². The monoisotopic (exact) mass is 566 g/mol. The van der Waals surface area contributed by atoms with Crippen molar-refractivity contribution in [2.75, 3.05) is 23.9 Å². The first-order chi connectivity index (χ1) is 19.0. The Morgan fingerprint density at radius 3 is 2.02 bits per heavy atom. The van der Waals surface area contributed by atoms with Gasteiger partial charge in [0.25, 0.3) is 15.7 Å². The van der Waals surface area contributed by atoms with Crippen molar-refractivity contribution in [2.45, 2.75) is 38.1 Å². The minimum absolute atomic E-state index is 0.0419. The number of nitro groups is 1. The minimum Gasteiger partial charge on any atom is -0.354 e. The van der Waals surface area contributed by atoms with Crippen molar-refractivity contribution in [2.24, 2.45) is 5.92 Å². The summed E-state index contributed by atoms with van der Waals surface area (Å²) >= 11 is 0. The van der Waals surface area contributed by atoms with E-state index < -0.39 is 33.4 Å². The van der Waals surface area contributed by atoms with Gasteiger partial charge in [0.15, 0.2) is 0 Å². The number of nitrogens with one attached hydrogen (secondary N) is 1. The number of hydrogen-bond donors (Lipinski definition) is 1. The normalized spacial score (nSPS) is 12.0. The van der Waals surface area contributed by atoms with Crippen LogP contribution in [0.5, 0.6) is 0 Å². The lowest BCUT2D eigenvalue weighted by Crippen LogP contribution is -2.52.